The summed E-state index contributed by atoms with van der Waals surface area (Å²) < 4.78 is 5.42. The van der Waals surface area contributed by atoms with Crippen molar-refractivity contribution in [1.29, 1.82) is 0 Å². The Labute approximate surface area is 125 Å². The molecule has 1 aromatic heterocycles. The summed E-state index contributed by atoms with van der Waals surface area (Å²) in [5, 5.41) is 5.73. The minimum atomic E-state index is 0.404. The molecule has 1 aromatic carbocycles. The van der Waals surface area contributed by atoms with E-state index in [9.17, 15) is 0 Å². The van der Waals surface area contributed by atoms with Crippen LogP contribution in [0.15, 0.2) is 30.5 Å². The Bertz CT molecular complexity index is 606. The summed E-state index contributed by atoms with van der Waals surface area (Å²) in [5.41, 5.74) is 5.96. The molecule has 1 heterocycles. The fourth-order valence-corrected chi connectivity index (χ4v) is 3.13. The van der Waals surface area contributed by atoms with Gasteiger partial charge in [-0.3, -0.25) is 0 Å². The minimum Gasteiger partial charge on any atom is -0.496 e. The number of nitrogens with two attached hydrogens (primary N) is 1. The number of hydrogen-bond donors (Lipinski definition) is 2. The molecule has 0 amide bonds. The smallest absolute Gasteiger partial charge is 0.133 e. The Morgan fingerprint density at radius 1 is 1.19 bits per heavy atom. The van der Waals surface area contributed by atoms with Crippen LogP contribution in [-0.4, -0.2) is 24.7 Å². The van der Waals surface area contributed by atoms with Gasteiger partial charge in [-0.25, -0.2) is 4.98 Å². The molecule has 3 N–H and O–H groups in total. The lowest BCUT2D eigenvalue weighted by atomic mass is 9.86. The second kappa shape index (κ2) is 6.31. The van der Waals surface area contributed by atoms with Gasteiger partial charge in [0.2, 0.25) is 0 Å². The molecule has 0 atom stereocenters. The van der Waals surface area contributed by atoms with Gasteiger partial charge in [-0.15, -0.1) is 0 Å². The zero-order valence-electron chi connectivity index (χ0n) is 12.5. The van der Waals surface area contributed by atoms with Crippen LogP contribution < -0.4 is 15.8 Å². The Hall–Kier alpha value is -1.81. The first-order valence-electron chi connectivity index (χ1n) is 7.69. The molecule has 4 heteroatoms. The number of fused-ring (bicyclic) bond motifs is 1. The van der Waals surface area contributed by atoms with Crippen molar-refractivity contribution in [1.82, 2.24) is 4.98 Å². The standard InChI is InChI=1S/C17H23N3O/c1-21-16-4-2-3-15-14(16)9-10-19-17(15)20-11-12-5-7-13(18)8-6-12/h2-4,9-10,12-13H,5-8,11,18H2,1H3,(H,19,20). The molecule has 0 aliphatic heterocycles. The van der Waals surface area contributed by atoms with Crippen LogP contribution in [0.2, 0.25) is 0 Å². The molecule has 0 bridgehead atoms. The summed E-state index contributed by atoms with van der Waals surface area (Å²) in [4.78, 5) is 4.49. The van der Waals surface area contributed by atoms with Gasteiger partial charge in [0.1, 0.15) is 11.6 Å². The number of nitrogens with zero attached hydrogens (tertiary/aromatic N) is 1. The molecule has 3 rings (SSSR count). The maximum atomic E-state index is 5.96. The van der Waals surface area contributed by atoms with Gasteiger partial charge in [0.05, 0.1) is 7.11 Å². The molecule has 1 aliphatic carbocycles. The third-order valence-electron chi connectivity index (χ3n) is 4.44. The molecule has 112 valence electrons. The SMILES string of the molecule is COc1cccc2c(NCC3CCC(N)CC3)nccc12. The normalized spacial score (nSPS) is 22.2. The molecule has 0 spiro atoms. The van der Waals surface area contributed by atoms with Crippen molar-refractivity contribution < 1.29 is 4.74 Å². The van der Waals surface area contributed by atoms with E-state index in [1.807, 2.05) is 24.4 Å². The summed E-state index contributed by atoms with van der Waals surface area (Å²) >= 11 is 0. The first kappa shape index (κ1) is 14.1. The van der Waals surface area contributed by atoms with Crippen LogP contribution in [0.3, 0.4) is 0 Å². The second-order valence-corrected chi connectivity index (χ2v) is 5.88. The van der Waals surface area contributed by atoms with Crippen molar-refractivity contribution in [2.24, 2.45) is 11.7 Å². The molecule has 0 unspecified atom stereocenters. The van der Waals surface area contributed by atoms with E-state index in [0.717, 1.165) is 41.7 Å². The summed E-state index contributed by atoms with van der Waals surface area (Å²) in [7, 11) is 1.70. The third-order valence-corrected chi connectivity index (χ3v) is 4.44. The van der Waals surface area contributed by atoms with Crippen molar-refractivity contribution in [3.8, 4) is 5.75 Å². The van der Waals surface area contributed by atoms with Crippen molar-refractivity contribution in [2.75, 3.05) is 19.0 Å². The predicted molar refractivity (Wildman–Crippen MR) is 86.7 cm³/mol. The number of benzene rings is 1. The highest BCUT2D eigenvalue weighted by molar-refractivity contribution is 5.95. The summed E-state index contributed by atoms with van der Waals surface area (Å²) in [6.45, 7) is 0.968. The molecule has 4 nitrogen and oxygen atoms in total. The van der Waals surface area contributed by atoms with E-state index in [2.05, 4.69) is 16.4 Å². The van der Waals surface area contributed by atoms with Gasteiger partial charge in [-0.2, -0.15) is 0 Å². The Morgan fingerprint density at radius 3 is 2.76 bits per heavy atom. The zero-order valence-corrected chi connectivity index (χ0v) is 12.5. The van der Waals surface area contributed by atoms with Gasteiger partial charge in [0.15, 0.2) is 0 Å². The van der Waals surface area contributed by atoms with Gasteiger partial charge < -0.3 is 15.8 Å². The Kier molecular flexibility index (Phi) is 4.25. The molecule has 0 saturated heterocycles. The molecule has 2 aromatic rings. The highest BCUT2D eigenvalue weighted by Crippen LogP contribution is 2.30. The first-order valence-corrected chi connectivity index (χ1v) is 7.69. The number of hydrogen-bond acceptors (Lipinski definition) is 4. The fraction of sp³-hybridized carbons (Fsp3) is 0.471. The lowest BCUT2D eigenvalue weighted by Crippen LogP contribution is -2.29. The van der Waals surface area contributed by atoms with Crippen LogP contribution in [0.5, 0.6) is 5.75 Å². The summed E-state index contributed by atoms with van der Waals surface area (Å²) in [6, 6.07) is 8.48. The van der Waals surface area contributed by atoms with E-state index in [-0.39, 0.29) is 0 Å². The Morgan fingerprint density at radius 2 is 2.00 bits per heavy atom. The highest BCUT2D eigenvalue weighted by Gasteiger charge is 2.18. The van der Waals surface area contributed by atoms with Gasteiger partial charge in [0.25, 0.3) is 0 Å². The Balaban J connectivity index is 1.75. The van der Waals surface area contributed by atoms with Crippen LogP contribution in [-0.2, 0) is 0 Å². The number of aromatic nitrogens is 1. The maximum absolute atomic E-state index is 5.96. The molecule has 21 heavy (non-hydrogen) atoms. The van der Waals surface area contributed by atoms with Crippen LogP contribution in [0, 0.1) is 5.92 Å². The van der Waals surface area contributed by atoms with Crippen molar-refractivity contribution in [2.45, 2.75) is 31.7 Å². The zero-order chi connectivity index (χ0) is 14.7. The van der Waals surface area contributed by atoms with E-state index in [1.165, 1.54) is 12.8 Å². The molecule has 1 fully saturated rings. The summed E-state index contributed by atoms with van der Waals surface area (Å²) in [5.74, 6) is 2.54. The lowest BCUT2D eigenvalue weighted by Gasteiger charge is -2.26. The van der Waals surface area contributed by atoms with E-state index < -0.39 is 0 Å². The average molecular weight is 285 g/mol. The number of ether oxygens (including phenoxy) is 1. The minimum absolute atomic E-state index is 0.404. The van der Waals surface area contributed by atoms with Crippen molar-refractivity contribution >= 4 is 16.6 Å². The largest absolute Gasteiger partial charge is 0.496 e. The molecule has 1 saturated carbocycles. The number of pyridine rings is 1. The van der Waals surface area contributed by atoms with Crippen LogP contribution in [0.1, 0.15) is 25.7 Å². The van der Waals surface area contributed by atoms with E-state index in [1.54, 1.807) is 7.11 Å². The average Bonchev–Trinajstić information content (AvgIpc) is 2.53. The van der Waals surface area contributed by atoms with Crippen LogP contribution in [0.4, 0.5) is 5.82 Å². The van der Waals surface area contributed by atoms with E-state index in [4.69, 9.17) is 10.5 Å². The predicted octanol–water partition coefficient (Wildman–Crippen LogP) is 3.17. The number of anilines is 1. The molecular formula is C17H23N3O. The number of nitrogens with one attached hydrogen (secondary N) is 1. The lowest BCUT2D eigenvalue weighted by molar-refractivity contribution is 0.338. The van der Waals surface area contributed by atoms with E-state index >= 15 is 0 Å². The van der Waals surface area contributed by atoms with Gasteiger partial charge in [0, 0.05) is 29.6 Å². The van der Waals surface area contributed by atoms with Crippen LogP contribution in [0.25, 0.3) is 10.8 Å². The third kappa shape index (κ3) is 3.10. The summed E-state index contributed by atoms with van der Waals surface area (Å²) in [6.07, 6.45) is 6.54. The number of methoxy groups -OCH3 is 1. The molecule has 1 aliphatic rings. The maximum Gasteiger partial charge on any atom is 0.133 e. The fourth-order valence-electron chi connectivity index (χ4n) is 3.13. The second-order valence-electron chi connectivity index (χ2n) is 5.88. The quantitative estimate of drug-likeness (QED) is 0.906. The molecular weight excluding hydrogens is 262 g/mol. The van der Waals surface area contributed by atoms with Gasteiger partial charge in [-0.05, 0) is 43.7 Å². The molecule has 0 radical (unpaired) electrons. The number of rotatable bonds is 4. The first-order chi connectivity index (χ1) is 10.3. The van der Waals surface area contributed by atoms with E-state index in [0.29, 0.717) is 12.0 Å². The highest BCUT2D eigenvalue weighted by atomic mass is 16.5. The van der Waals surface area contributed by atoms with Gasteiger partial charge in [-0.1, -0.05) is 12.1 Å². The van der Waals surface area contributed by atoms with Gasteiger partial charge >= 0.3 is 0 Å². The topological polar surface area (TPSA) is 60.2 Å². The van der Waals surface area contributed by atoms with Crippen LogP contribution >= 0.6 is 0 Å². The van der Waals surface area contributed by atoms with Crippen molar-refractivity contribution in [3.63, 3.8) is 0 Å². The monoisotopic (exact) mass is 285 g/mol. The van der Waals surface area contributed by atoms with Crippen molar-refractivity contribution in [3.05, 3.63) is 30.5 Å².